The molecule has 1 aliphatic carbocycles. The smallest absolute Gasteiger partial charge is 0.411 e. The van der Waals surface area contributed by atoms with Crippen LogP contribution in [-0.2, 0) is 9.53 Å². The van der Waals surface area contributed by atoms with Crippen LogP contribution in [0.3, 0.4) is 0 Å². The van der Waals surface area contributed by atoms with Crippen molar-refractivity contribution >= 4 is 17.3 Å². The van der Waals surface area contributed by atoms with Gasteiger partial charge in [-0.3, -0.25) is 9.59 Å². The van der Waals surface area contributed by atoms with Crippen LogP contribution in [0.1, 0.15) is 63.1 Å². The SMILES string of the molecule is COc1cc(OC)c2c(c1)C(=O)c1cc3c(c(O)c1C2=O)[C@H](CCC(C)=O)[C@@H](OCC(F)(F)F)O3. The van der Waals surface area contributed by atoms with Gasteiger partial charge in [-0.25, -0.2) is 0 Å². The van der Waals surface area contributed by atoms with Gasteiger partial charge in [0.15, 0.2) is 5.78 Å². The molecule has 0 unspecified atom stereocenters. The molecule has 11 heteroatoms. The molecule has 2 aromatic carbocycles. The number of aromatic hydroxyl groups is 1. The van der Waals surface area contributed by atoms with E-state index in [-0.39, 0.29) is 63.7 Å². The Morgan fingerprint density at radius 1 is 1.06 bits per heavy atom. The highest BCUT2D eigenvalue weighted by atomic mass is 19.4. The molecular weight excluding hydrogens is 473 g/mol. The number of ether oxygens (including phenoxy) is 4. The number of alkyl halides is 3. The zero-order valence-corrected chi connectivity index (χ0v) is 18.9. The number of carbonyl (C=O) groups is 3. The zero-order chi connectivity index (χ0) is 25.7. The van der Waals surface area contributed by atoms with Crippen molar-refractivity contribution < 1.29 is 51.6 Å². The number of hydrogen-bond acceptors (Lipinski definition) is 8. The van der Waals surface area contributed by atoms with Crippen LogP contribution in [0.2, 0.25) is 0 Å². The number of rotatable bonds is 7. The van der Waals surface area contributed by atoms with E-state index in [2.05, 4.69) is 0 Å². The number of hydrogen-bond donors (Lipinski definition) is 1. The molecule has 0 amide bonds. The second-order valence-electron chi connectivity index (χ2n) is 8.23. The van der Waals surface area contributed by atoms with Gasteiger partial charge in [-0.05, 0) is 25.5 Å². The minimum Gasteiger partial charge on any atom is -0.507 e. The fraction of sp³-hybridized carbons (Fsp3) is 0.375. The molecule has 0 saturated carbocycles. The molecule has 0 aromatic heterocycles. The first-order valence-electron chi connectivity index (χ1n) is 10.6. The van der Waals surface area contributed by atoms with E-state index in [0.717, 1.165) is 0 Å². The topological polar surface area (TPSA) is 108 Å². The second kappa shape index (κ2) is 8.88. The average Bonchev–Trinajstić information content (AvgIpc) is 3.16. The van der Waals surface area contributed by atoms with E-state index in [4.69, 9.17) is 18.9 Å². The first-order chi connectivity index (χ1) is 16.5. The van der Waals surface area contributed by atoms with E-state index >= 15 is 0 Å². The van der Waals surface area contributed by atoms with Gasteiger partial charge in [-0.1, -0.05) is 0 Å². The lowest BCUT2D eigenvalue weighted by Gasteiger charge is -2.23. The number of methoxy groups -OCH3 is 2. The Morgan fingerprint density at radius 3 is 2.34 bits per heavy atom. The summed E-state index contributed by atoms with van der Waals surface area (Å²) in [5.41, 5.74) is -0.595. The van der Waals surface area contributed by atoms with Crippen LogP contribution < -0.4 is 14.2 Å². The molecule has 1 N–H and O–H groups in total. The standard InChI is InChI=1S/C24H21F3O8/c1-10(28)4-5-12-17-16(35-23(12)34-9-24(25,26)27)8-14-19(21(17)30)22(31)18-13(20(14)29)6-11(32-2)7-15(18)33-3/h6-8,12,23,30H,4-5,9H2,1-3H3/t12-,23-/m0/s1. The maximum Gasteiger partial charge on any atom is 0.411 e. The first-order valence-corrected chi connectivity index (χ1v) is 10.6. The Kier molecular flexibility index (Phi) is 6.22. The van der Waals surface area contributed by atoms with E-state index < -0.39 is 42.3 Å². The van der Waals surface area contributed by atoms with Crippen LogP contribution in [0.25, 0.3) is 0 Å². The fourth-order valence-electron chi connectivity index (χ4n) is 4.39. The molecule has 0 bridgehead atoms. The number of Topliss-reactive ketones (excluding diaryl/α,β-unsaturated/α-hetero) is 1. The van der Waals surface area contributed by atoms with Gasteiger partial charge in [0.25, 0.3) is 0 Å². The van der Waals surface area contributed by atoms with Crippen LogP contribution in [0.15, 0.2) is 18.2 Å². The van der Waals surface area contributed by atoms with Gasteiger partial charge in [0.1, 0.15) is 35.4 Å². The molecule has 4 rings (SSSR count). The largest absolute Gasteiger partial charge is 0.507 e. The van der Waals surface area contributed by atoms with Gasteiger partial charge in [0.05, 0.1) is 31.3 Å². The Labute approximate surface area is 197 Å². The predicted molar refractivity (Wildman–Crippen MR) is 114 cm³/mol. The maximum absolute atomic E-state index is 13.5. The third-order valence-electron chi connectivity index (χ3n) is 5.94. The lowest BCUT2D eigenvalue weighted by Crippen LogP contribution is -2.29. The molecule has 2 atom stereocenters. The average molecular weight is 494 g/mol. The summed E-state index contributed by atoms with van der Waals surface area (Å²) >= 11 is 0. The molecule has 1 aliphatic heterocycles. The van der Waals surface area contributed by atoms with Crippen LogP contribution in [0.4, 0.5) is 13.2 Å². The Bertz CT molecular complexity index is 1230. The summed E-state index contributed by atoms with van der Waals surface area (Å²) in [5, 5.41) is 11.1. The highest BCUT2D eigenvalue weighted by Gasteiger charge is 2.45. The predicted octanol–water partition coefficient (Wildman–Crippen LogP) is 3.94. The summed E-state index contributed by atoms with van der Waals surface area (Å²) in [4.78, 5) is 38.3. The summed E-state index contributed by atoms with van der Waals surface area (Å²) in [6, 6.07) is 3.98. The maximum atomic E-state index is 13.5. The van der Waals surface area contributed by atoms with E-state index in [1.165, 1.54) is 39.3 Å². The highest BCUT2D eigenvalue weighted by Crippen LogP contribution is 2.51. The highest BCUT2D eigenvalue weighted by molar-refractivity contribution is 6.30. The molecule has 35 heavy (non-hydrogen) atoms. The minimum absolute atomic E-state index is 0.00352. The molecule has 8 nitrogen and oxygen atoms in total. The summed E-state index contributed by atoms with van der Waals surface area (Å²) in [5.74, 6) is -2.94. The summed E-state index contributed by atoms with van der Waals surface area (Å²) in [6.45, 7) is -0.308. The lowest BCUT2D eigenvalue weighted by atomic mass is 9.80. The van der Waals surface area contributed by atoms with Crippen molar-refractivity contribution in [3.8, 4) is 23.0 Å². The van der Waals surface area contributed by atoms with Crippen molar-refractivity contribution in [3.63, 3.8) is 0 Å². The van der Waals surface area contributed by atoms with Crippen molar-refractivity contribution in [2.24, 2.45) is 0 Å². The number of phenolic OH excluding ortho intramolecular Hbond substituents is 1. The molecular formula is C24H21F3O8. The van der Waals surface area contributed by atoms with Gasteiger partial charge < -0.3 is 28.8 Å². The van der Waals surface area contributed by atoms with Gasteiger partial charge in [0.2, 0.25) is 12.1 Å². The third-order valence-corrected chi connectivity index (χ3v) is 5.94. The Balaban J connectivity index is 1.84. The van der Waals surface area contributed by atoms with Crippen LogP contribution in [0, 0.1) is 0 Å². The molecule has 186 valence electrons. The van der Waals surface area contributed by atoms with Gasteiger partial charge in [-0.15, -0.1) is 0 Å². The first kappa shape index (κ1) is 24.5. The normalized spacial score (nSPS) is 18.5. The summed E-state index contributed by atoms with van der Waals surface area (Å²) in [6.07, 6.45) is -6.16. The monoisotopic (exact) mass is 494 g/mol. The third kappa shape index (κ3) is 4.31. The van der Waals surface area contributed by atoms with E-state index in [9.17, 15) is 32.7 Å². The van der Waals surface area contributed by atoms with Crippen LogP contribution in [-0.4, -0.2) is 55.7 Å². The quantitative estimate of drug-likeness (QED) is 0.526. The Morgan fingerprint density at radius 2 is 1.74 bits per heavy atom. The zero-order valence-electron chi connectivity index (χ0n) is 18.9. The molecule has 0 spiro atoms. The lowest BCUT2D eigenvalue weighted by molar-refractivity contribution is -0.211. The fourth-order valence-corrected chi connectivity index (χ4v) is 4.39. The number of benzene rings is 2. The minimum atomic E-state index is -4.65. The van der Waals surface area contributed by atoms with Gasteiger partial charge in [-0.2, -0.15) is 13.2 Å². The van der Waals surface area contributed by atoms with Crippen molar-refractivity contribution in [2.75, 3.05) is 20.8 Å². The molecule has 0 saturated heterocycles. The number of phenols is 1. The van der Waals surface area contributed by atoms with E-state index in [1.807, 2.05) is 0 Å². The number of halogens is 3. The summed E-state index contributed by atoms with van der Waals surface area (Å²) in [7, 11) is 2.68. The van der Waals surface area contributed by atoms with Crippen molar-refractivity contribution in [1.29, 1.82) is 0 Å². The summed E-state index contributed by atoms with van der Waals surface area (Å²) < 4.78 is 59.3. The molecule has 1 heterocycles. The van der Waals surface area contributed by atoms with Crippen molar-refractivity contribution in [2.45, 2.75) is 38.1 Å². The Hall–Kier alpha value is -3.60. The van der Waals surface area contributed by atoms with Gasteiger partial charge in [0, 0.05) is 29.2 Å². The second-order valence-corrected chi connectivity index (χ2v) is 8.23. The molecule has 0 fully saturated rings. The van der Waals surface area contributed by atoms with Gasteiger partial charge >= 0.3 is 6.18 Å². The molecule has 2 aromatic rings. The van der Waals surface area contributed by atoms with E-state index in [1.54, 1.807) is 0 Å². The van der Waals surface area contributed by atoms with Crippen LogP contribution >= 0.6 is 0 Å². The number of ketones is 3. The van der Waals surface area contributed by atoms with Crippen LogP contribution in [0.5, 0.6) is 23.0 Å². The number of carbonyl (C=O) groups excluding carboxylic acids is 3. The molecule has 0 radical (unpaired) electrons. The van der Waals surface area contributed by atoms with Crippen molar-refractivity contribution in [1.82, 2.24) is 0 Å². The van der Waals surface area contributed by atoms with E-state index in [0.29, 0.717) is 0 Å². The molecule has 2 aliphatic rings. The number of fused-ring (bicyclic) bond motifs is 3. The van der Waals surface area contributed by atoms with Crippen molar-refractivity contribution in [3.05, 3.63) is 46.0 Å².